The molecule has 2 aromatic carbocycles. The van der Waals surface area contributed by atoms with Crippen molar-refractivity contribution in [2.24, 2.45) is 0 Å². The average molecular weight is 488 g/mol. The Morgan fingerprint density at radius 2 is 2.07 bits per heavy atom. The van der Waals surface area contributed by atoms with Gasteiger partial charge >= 0.3 is 0 Å². The second-order valence-electron chi connectivity index (χ2n) is 7.43. The Hall–Kier alpha value is -1.80. The van der Waals surface area contributed by atoms with E-state index >= 15 is 0 Å². The standard InChI is InChI=1S/C23H26BrN3O2S/c1-2-17-7-8-20-21(15-17)30-23(25-20)27(10-4-9-26-11-13-29-14-12-26)22(28)18-5-3-6-19(24)16-18/h3,5-8,15-16H,2,4,9-14H2,1H3. The molecular formula is C23H26BrN3O2S. The third-order valence-electron chi connectivity index (χ3n) is 5.36. The normalized spacial score (nSPS) is 14.9. The maximum absolute atomic E-state index is 13.4. The number of fused-ring (bicyclic) bond motifs is 1. The summed E-state index contributed by atoms with van der Waals surface area (Å²) in [6, 6.07) is 13.9. The van der Waals surface area contributed by atoms with Gasteiger partial charge in [-0.2, -0.15) is 0 Å². The van der Waals surface area contributed by atoms with Gasteiger partial charge in [0.15, 0.2) is 5.13 Å². The molecule has 0 atom stereocenters. The third kappa shape index (κ3) is 5.09. The predicted octanol–water partition coefficient (Wildman–Crippen LogP) is 4.99. The molecule has 1 amide bonds. The van der Waals surface area contributed by atoms with E-state index < -0.39 is 0 Å². The highest BCUT2D eigenvalue weighted by atomic mass is 79.9. The molecule has 1 aromatic heterocycles. The van der Waals surface area contributed by atoms with Gasteiger partial charge in [0.1, 0.15) is 0 Å². The second kappa shape index (κ2) is 10.0. The molecule has 0 N–H and O–H groups in total. The van der Waals surface area contributed by atoms with Crippen molar-refractivity contribution in [3.63, 3.8) is 0 Å². The largest absolute Gasteiger partial charge is 0.379 e. The Morgan fingerprint density at radius 1 is 1.23 bits per heavy atom. The van der Waals surface area contributed by atoms with Gasteiger partial charge in [0.25, 0.3) is 5.91 Å². The van der Waals surface area contributed by atoms with E-state index in [-0.39, 0.29) is 5.91 Å². The number of rotatable bonds is 7. The minimum absolute atomic E-state index is 0.00644. The molecule has 0 unspecified atom stereocenters. The first-order chi connectivity index (χ1) is 14.6. The summed E-state index contributed by atoms with van der Waals surface area (Å²) in [5, 5.41) is 0.769. The number of anilines is 1. The summed E-state index contributed by atoms with van der Waals surface area (Å²) in [4.78, 5) is 22.5. The smallest absolute Gasteiger partial charge is 0.260 e. The maximum Gasteiger partial charge on any atom is 0.260 e. The molecule has 1 fully saturated rings. The number of aryl methyl sites for hydroxylation is 1. The molecule has 158 valence electrons. The number of benzene rings is 2. The van der Waals surface area contributed by atoms with Crippen molar-refractivity contribution in [2.75, 3.05) is 44.3 Å². The van der Waals surface area contributed by atoms with Gasteiger partial charge in [0.05, 0.1) is 23.4 Å². The van der Waals surface area contributed by atoms with Crippen LogP contribution in [0.3, 0.4) is 0 Å². The highest BCUT2D eigenvalue weighted by Gasteiger charge is 2.22. The summed E-state index contributed by atoms with van der Waals surface area (Å²) >= 11 is 5.08. The van der Waals surface area contributed by atoms with E-state index in [1.807, 2.05) is 29.2 Å². The molecule has 3 aromatic rings. The van der Waals surface area contributed by atoms with Crippen LogP contribution in [0.4, 0.5) is 5.13 Å². The Kier molecular flexibility index (Phi) is 7.15. The average Bonchev–Trinajstić information content (AvgIpc) is 3.20. The van der Waals surface area contributed by atoms with Crippen LogP contribution < -0.4 is 4.90 Å². The zero-order chi connectivity index (χ0) is 20.9. The molecule has 0 radical (unpaired) electrons. The van der Waals surface area contributed by atoms with Crippen LogP contribution in [-0.2, 0) is 11.2 Å². The lowest BCUT2D eigenvalue weighted by Crippen LogP contribution is -2.39. The molecule has 5 nitrogen and oxygen atoms in total. The van der Waals surface area contributed by atoms with Crippen molar-refractivity contribution in [3.8, 4) is 0 Å². The molecule has 7 heteroatoms. The maximum atomic E-state index is 13.4. The van der Waals surface area contributed by atoms with E-state index in [2.05, 4.69) is 46.0 Å². The van der Waals surface area contributed by atoms with Gasteiger partial charge in [-0.25, -0.2) is 4.98 Å². The zero-order valence-corrected chi connectivity index (χ0v) is 19.5. The number of amides is 1. The number of hydrogen-bond donors (Lipinski definition) is 0. The number of carbonyl (C=O) groups excluding carboxylic acids is 1. The predicted molar refractivity (Wildman–Crippen MR) is 127 cm³/mol. The summed E-state index contributed by atoms with van der Waals surface area (Å²) in [5.41, 5.74) is 2.91. The summed E-state index contributed by atoms with van der Waals surface area (Å²) in [6.07, 6.45) is 1.89. The topological polar surface area (TPSA) is 45.7 Å². The van der Waals surface area contributed by atoms with Crippen molar-refractivity contribution in [2.45, 2.75) is 19.8 Å². The zero-order valence-electron chi connectivity index (χ0n) is 17.1. The quantitative estimate of drug-likeness (QED) is 0.470. The lowest BCUT2D eigenvalue weighted by Gasteiger charge is -2.27. The molecule has 0 spiro atoms. The third-order valence-corrected chi connectivity index (χ3v) is 6.89. The lowest BCUT2D eigenvalue weighted by molar-refractivity contribution is 0.0376. The number of thiazole rings is 1. The molecule has 1 aliphatic heterocycles. The van der Waals surface area contributed by atoms with Crippen LogP contribution in [0.25, 0.3) is 10.2 Å². The number of carbonyl (C=O) groups is 1. The van der Waals surface area contributed by atoms with Crippen LogP contribution in [0.1, 0.15) is 29.3 Å². The van der Waals surface area contributed by atoms with E-state index in [4.69, 9.17) is 9.72 Å². The van der Waals surface area contributed by atoms with Crippen molar-refractivity contribution in [1.29, 1.82) is 0 Å². The summed E-state index contributed by atoms with van der Waals surface area (Å²) in [5.74, 6) is -0.00644. The highest BCUT2D eigenvalue weighted by Crippen LogP contribution is 2.31. The Morgan fingerprint density at radius 3 is 2.83 bits per heavy atom. The van der Waals surface area contributed by atoms with Crippen molar-refractivity contribution >= 4 is 48.5 Å². The fourth-order valence-electron chi connectivity index (χ4n) is 3.63. The first kappa shape index (κ1) is 21.4. The number of ether oxygens (including phenoxy) is 1. The number of morpholine rings is 1. The van der Waals surface area contributed by atoms with E-state index in [0.29, 0.717) is 12.1 Å². The molecule has 1 aliphatic rings. The van der Waals surface area contributed by atoms with Crippen LogP contribution in [-0.4, -0.2) is 55.2 Å². The minimum Gasteiger partial charge on any atom is -0.379 e. The monoisotopic (exact) mass is 487 g/mol. The molecule has 30 heavy (non-hydrogen) atoms. The van der Waals surface area contributed by atoms with Gasteiger partial charge in [0.2, 0.25) is 0 Å². The van der Waals surface area contributed by atoms with Gasteiger partial charge in [-0.05, 0) is 48.7 Å². The SMILES string of the molecule is CCc1ccc2nc(N(CCCN3CCOCC3)C(=O)c3cccc(Br)c3)sc2c1. The van der Waals surface area contributed by atoms with E-state index in [1.165, 1.54) is 5.56 Å². The number of aromatic nitrogens is 1. The molecule has 1 saturated heterocycles. The fraction of sp³-hybridized carbons (Fsp3) is 0.391. The van der Waals surface area contributed by atoms with Crippen molar-refractivity contribution < 1.29 is 9.53 Å². The van der Waals surface area contributed by atoms with E-state index in [0.717, 1.165) is 65.5 Å². The minimum atomic E-state index is -0.00644. The Bertz CT molecular complexity index is 1020. The van der Waals surface area contributed by atoms with Gasteiger partial charge in [0, 0.05) is 36.2 Å². The molecule has 2 heterocycles. The molecule has 4 rings (SSSR count). The summed E-state index contributed by atoms with van der Waals surface area (Å²) in [7, 11) is 0. The number of halogens is 1. The Labute approximate surface area is 189 Å². The van der Waals surface area contributed by atoms with Gasteiger partial charge in [-0.3, -0.25) is 14.6 Å². The Balaban J connectivity index is 1.58. The number of hydrogen-bond acceptors (Lipinski definition) is 5. The van der Waals surface area contributed by atoms with E-state index in [9.17, 15) is 4.79 Å². The summed E-state index contributed by atoms with van der Waals surface area (Å²) < 4.78 is 7.47. The molecule has 0 bridgehead atoms. The molecular weight excluding hydrogens is 462 g/mol. The van der Waals surface area contributed by atoms with Crippen LogP contribution in [0.2, 0.25) is 0 Å². The number of nitrogens with zero attached hydrogens (tertiary/aromatic N) is 3. The first-order valence-corrected chi connectivity index (χ1v) is 12.0. The van der Waals surface area contributed by atoms with Crippen molar-refractivity contribution in [1.82, 2.24) is 9.88 Å². The van der Waals surface area contributed by atoms with Gasteiger partial charge in [-0.15, -0.1) is 0 Å². The highest BCUT2D eigenvalue weighted by molar-refractivity contribution is 9.10. The van der Waals surface area contributed by atoms with E-state index in [1.54, 1.807) is 11.3 Å². The first-order valence-electron chi connectivity index (χ1n) is 10.4. The lowest BCUT2D eigenvalue weighted by atomic mass is 10.2. The fourth-order valence-corrected chi connectivity index (χ4v) is 5.08. The van der Waals surface area contributed by atoms with Crippen LogP contribution in [0, 0.1) is 0 Å². The molecule has 0 aliphatic carbocycles. The van der Waals surface area contributed by atoms with Crippen LogP contribution in [0.5, 0.6) is 0 Å². The van der Waals surface area contributed by atoms with Gasteiger partial charge < -0.3 is 4.74 Å². The van der Waals surface area contributed by atoms with Crippen LogP contribution in [0.15, 0.2) is 46.9 Å². The molecule has 0 saturated carbocycles. The van der Waals surface area contributed by atoms with Gasteiger partial charge in [-0.1, -0.05) is 46.3 Å². The van der Waals surface area contributed by atoms with Crippen LogP contribution >= 0.6 is 27.3 Å². The second-order valence-corrected chi connectivity index (χ2v) is 9.35. The van der Waals surface area contributed by atoms with Crippen molar-refractivity contribution in [3.05, 3.63) is 58.1 Å². The summed E-state index contributed by atoms with van der Waals surface area (Å²) in [6.45, 7) is 7.25.